The molecule has 0 aromatic heterocycles. The molecule has 0 radical (unpaired) electrons. The van der Waals surface area contributed by atoms with E-state index in [1.54, 1.807) is 0 Å². The first-order valence-corrected chi connectivity index (χ1v) is 6.77. The number of fused-ring (bicyclic) bond motifs is 1. The van der Waals surface area contributed by atoms with Crippen LogP contribution in [0.4, 0.5) is 0 Å². The summed E-state index contributed by atoms with van der Waals surface area (Å²) in [5, 5.41) is 10.5. The summed E-state index contributed by atoms with van der Waals surface area (Å²) < 4.78 is 0. The van der Waals surface area contributed by atoms with Crippen molar-refractivity contribution in [3.63, 3.8) is 0 Å². The first kappa shape index (κ1) is 12.2. The Morgan fingerprint density at radius 1 is 1.00 bits per heavy atom. The number of aliphatic hydroxyl groups is 1. The summed E-state index contributed by atoms with van der Waals surface area (Å²) in [5.74, 6) is 0. The minimum absolute atomic E-state index is 0.453. The molecule has 0 fully saturated rings. The number of aryl methyl sites for hydroxylation is 2. The lowest BCUT2D eigenvalue weighted by Gasteiger charge is -2.24. The molecule has 0 spiro atoms. The zero-order valence-corrected chi connectivity index (χ0v) is 11.1. The van der Waals surface area contributed by atoms with Gasteiger partial charge >= 0.3 is 0 Å². The quantitative estimate of drug-likeness (QED) is 0.809. The van der Waals surface area contributed by atoms with Crippen molar-refractivity contribution in [2.45, 2.75) is 25.9 Å². The molecule has 19 heavy (non-hydrogen) atoms. The summed E-state index contributed by atoms with van der Waals surface area (Å²) in [7, 11) is 0. The van der Waals surface area contributed by atoms with E-state index < -0.39 is 6.10 Å². The molecule has 1 N–H and O–H groups in total. The van der Waals surface area contributed by atoms with Crippen molar-refractivity contribution in [3.8, 4) is 0 Å². The molecule has 2 aromatic carbocycles. The molecule has 2 aromatic rings. The van der Waals surface area contributed by atoms with Crippen LogP contribution in [0.1, 0.15) is 34.8 Å². The van der Waals surface area contributed by atoms with Crippen LogP contribution < -0.4 is 0 Å². The Labute approximate surface area is 114 Å². The van der Waals surface area contributed by atoms with Gasteiger partial charge < -0.3 is 5.11 Å². The van der Waals surface area contributed by atoms with Crippen LogP contribution >= 0.6 is 0 Å². The second-order valence-corrected chi connectivity index (χ2v) is 5.23. The van der Waals surface area contributed by atoms with Crippen LogP contribution in [-0.4, -0.2) is 5.11 Å². The highest BCUT2D eigenvalue weighted by Gasteiger charge is 2.21. The van der Waals surface area contributed by atoms with Gasteiger partial charge in [0.05, 0.1) is 0 Å². The maximum atomic E-state index is 10.5. The number of aliphatic hydroxyl groups excluding tert-OH is 1. The van der Waals surface area contributed by atoms with E-state index in [1.165, 1.54) is 16.7 Å². The van der Waals surface area contributed by atoms with Crippen LogP contribution in [0.3, 0.4) is 0 Å². The van der Waals surface area contributed by atoms with Gasteiger partial charge in [0.2, 0.25) is 0 Å². The van der Waals surface area contributed by atoms with Gasteiger partial charge in [0.15, 0.2) is 0 Å². The summed E-state index contributed by atoms with van der Waals surface area (Å²) in [5.41, 5.74) is 5.88. The molecule has 0 amide bonds. The molecule has 96 valence electrons. The fourth-order valence-corrected chi connectivity index (χ4v) is 2.67. The largest absolute Gasteiger partial charge is 0.384 e. The molecule has 1 aliphatic rings. The highest BCUT2D eigenvalue weighted by atomic mass is 16.3. The number of hydrogen-bond acceptors (Lipinski definition) is 1. The second-order valence-electron chi connectivity index (χ2n) is 5.23. The molecular formula is C18H18O. The van der Waals surface area contributed by atoms with E-state index in [4.69, 9.17) is 0 Å². The maximum absolute atomic E-state index is 10.5. The van der Waals surface area contributed by atoms with Crippen molar-refractivity contribution in [2.75, 3.05) is 0 Å². The Hall–Kier alpha value is -1.86. The van der Waals surface area contributed by atoms with Crippen LogP contribution in [0.2, 0.25) is 0 Å². The minimum Gasteiger partial charge on any atom is -0.384 e. The van der Waals surface area contributed by atoms with Crippen molar-refractivity contribution in [2.24, 2.45) is 0 Å². The van der Waals surface area contributed by atoms with Crippen LogP contribution in [-0.2, 0) is 6.42 Å². The fraction of sp³-hybridized carbons (Fsp3) is 0.222. The van der Waals surface area contributed by atoms with Gasteiger partial charge in [-0.1, -0.05) is 60.2 Å². The van der Waals surface area contributed by atoms with Gasteiger partial charge in [-0.2, -0.15) is 0 Å². The molecule has 0 heterocycles. The Morgan fingerprint density at radius 3 is 2.53 bits per heavy atom. The van der Waals surface area contributed by atoms with Crippen molar-refractivity contribution in [3.05, 3.63) is 76.4 Å². The third kappa shape index (κ3) is 2.47. The Morgan fingerprint density at radius 2 is 1.74 bits per heavy atom. The fourth-order valence-electron chi connectivity index (χ4n) is 2.67. The normalized spacial score (nSPS) is 20.3. The summed E-state index contributed by atoms with van der Waals surface area (Å²) in [6.07, 6.45) is 3.63. The van der Waals surface area contributed by atoms with Gasteiger partial charge in [-0.15, -0.1) is 0 Å². The van der Waals surface area contributed by atoms with Gasteiger partial charge in [0.1, 0.15) is 6.10 Å². The molecular weight excluding hydrogens is 232 g/mol. The molecule has 0 saturated carbocycles. The van der Waals surface area contributed by atoms with E-state index in [-0.39, 0.29) is 0 Å². The minimum atomic E-state index is -0.453. The smallest absolute Gasteiger partial charge is 0.101 e. The average Bonchev–Trinajstić information content (AvgIpc) is 2.45. The van der Waals surface area contributed by atoms with Gasteiger partial charge in [-0.25, -0.2) is 0 Å². The first-order chi connectivity index (χ1) is 9.24. The average molecular weight is 250 g/mol. The second kappa shape index (κ2) is 5.02. The number of hydrogen-bond donors (Lipinski definition) is 1. The Kier molecular flexibility index (Phi) is 3.22. The maximum Gasteiger partial charge on any atom is 0.101 e. The Balaban J connectivity index is 1.93. The molecule has 0 aliphatic heterocycles. The number of rotatable bonds is 1. The monoisotopic (exact) mass is 250 g/mol. The third-order valence-corrected chi connectivity index (χ3v) is 3.81. The van der Waals surface area contributed by atoms with Gasteiger partial charge in [-0.05, 0) is 42.0 Å². The molecule has 3 rings (SSSR count). The highest BCUT2D eigenvalue weighted by Crippen LogP contribution is 2.34. The van der Waals surface area contributed by atoms with Crippen molar-refractivity contribution >= 4 is 6.08 Å². The lowest BCUT2D eigenvalue weighted by atomic mass is 9.85. The van der Waals surface area contributed by atoms with Gasteiger partial charge in [-0.3, -0.25) is 0 Å². The van der Waals surface area contributed by atoms with Gasteiger partial charge in [0.25, 0.3) is 0 Å². The van der Waals surface area contributed by atoms with Crippen molar-refractivity contribution in [1.82, 2.24) is 0 Å². The van der Waals surface area contributed by atoms with E-state index in [0.29, 0.717) is 0 Å². The van der Waals surface area contributed by atoms with Crippen LogP contribution in [0.5, 0.6) is 0 Å². The van der Waals surface area contributed by atoms with E-state index in [9.17, 15) is 5.11 Å². The van der Waals surface area contributed by atoms with E-state index in [2.05, 4.69) is 43.3 Å². The predicted octanol–water partition coefficient (Wildman–Crippen LogP) is 4.06. The number of benzene rings is 2. The first-order valence-electron chi connectivity index (χ1n) is 6.77. The van der Waals surface area contributed by atoms with E-state index in [0.717, 1.165) is 24.0 Å². The lowest BCUT2D eigenvalue weighted by molar-refractivity contribution is 0.206. The molecule has 1 atom stereocenters. The van der Waals surface area contributed by atoms with Crippen LogP contribution in [0.25, 0.3) is 6.08 Å². The van der Waals surface area contributed by atoms with Crippen LogP contribution in [0.15, 0.2) is 54.1 Å². The Bertz CT molecular complexity index is 608. The molecule has 0 bridgehead atoms. The van der Waals surface area contributed by atoms with E-state index >= 15 is 0 Å². The summed E-state index contributed by atoms with van der Waals surface area (Å²) in [6.45, 7) is 2.09. The van der Waals surface area contributed by atoms with E-state index in [1.807, 2.05) is 18.2 Å². The zero-order chi connectivity index (χ0) is 13.2. The zero-order valence-electron chi connectivity index (χ0n) is 11.1. The predicted molar refractivity (Wildman–Crippen MR) is 78.9 cm³/mol. The third-order valence-electron chi connectivity index (χ3n) is 3.81. The summed E-state index contributed by atoms with van der Waals surface area (Å²) in [4.78, 5) is 0. The summed E-state index contributed by atoms with van der Waals surface area (Å²) >= 11 is 0. The summed E-state index contributed by atoms with van der Waals surface area (Å²) in [6, 6.07) is 16.6. The molecule has 1 unspecified atom stereocenters. The molecule has 1 aliphatic carbocycles. The van der Waals surface area contributed by atoms with Crippen LogP contribution in [0, 0.1) is 6.92 Å². The molecule has 1 heteroatoms. The molecule has 0 saturated heterocycles. The standard InChI is InChI=1S/C18H18O/c1-13-6-8-14(9-7-13)12-16-11-10-15-4-2-3-5-17(15)18(16)19/h2-9,12,18-19H,10-11H2,1H3/b16-12+. The molecule has 1 nitrogen and oxygen atoms in total. The van der Waals surface area contributed by atoms with Crippen molar-refractivity contribution in [1.29, 1.82) is 0 Å². The van der Waals surface area contributed by atoms with Gasteiger partial charge in [0, 0.05) is 0 Å². The lowest BCUT2D eigenvalue weighted by Crippen LogP contribution is -2.11. The topological polar surface area (TPSA) is 20.2 Å². The SMILES string of the molecule is Cc1ccc(/C=C2\CCc3ccccc3C2O)cc1. The highest BCUT2D eigenvalue weighted by molar-refractivity contribution is 5.57. The van der Waals surface area contributed by atoms with Crippen molar-refractivity contribution < 1.29 is 5.11 Å².